The van der Waals surface area contributed by atoms with Gasteiger partial charge in [-0.05, 0) is 43.7 Å². The molecule has 0 aliphatic rings. The van der Waals surface area contributed by atoms with Gasteiger partial charge in [0, 0.05) is 18.8 Å². The van der Waals surface area contributed by atoms with E-state index in [1.54, 1.807) is 50.3 Å². The molecule has 7 nitrogen and oxygen atoms in total. The highest BCUT2D eigenvalue weighted by Gasteiger charge is 2.15. The normalized spacial score (nSPS) is 10.9. The first-order chi connectivity index (χ1) is 14.0. The number of aromatic nitrogens is 5. The number of anilines is 2. The number of nitrogens with one attached hydrogen (secondary N) is 1. The van der Waals surface area contributed by atoms with Gasteiger partial charge in [-0.3, -0.25) is 0 Å². The minimum Gasteiger partial charge on any atom is -0.495 e. The number of aryl methyl sites for hydroxylation is 3. The third-order valence-electron chi connectivity index (χ3n) is 4.63. The van der Waals surface area contributed by atoms with Crippen LogP contribution in [0.2, 0.25) is 0 Å². The maximum atomic E-state index is 14.3. The number of halogens is 1. The van der Waals surface area contributed by atoms with Crippen molar-refractivity contribution in [1.82, 2.24) is 24.3 Å². The summed E-state index contributed by atoms with van der Waals surface area (Å²) < 4.78 is 23.3. The van der Waals surface area contributed by atoms with Crippen LogP contribution in [0.3, 0.4) is 0 Å². The molecule has 0 fully saturated rings. The van der Waals surface area contributed by atoms with Crippen molar-refractivity contribution in [2.45, 2.75) is 13.8 Å². The predicted octanol–water partition coefficient (Wildman–Crippen LogP) is 4.18. The van der Waals surface area contributed by atoms with Gasteiger partial charge in [0.05, 0.1) is 30.5 Å². The maximum Gasteiger partial charge on any atom is 0.226 e. The first kappa shape index (κ1) is 18.7. The van der Waals surface area contributed by atoms with Crippen molar-refractivity contribution in [3.8, 4) is 22.8 Å². The minimum absolute atomic E-state index is 0.307. The third kappa shape index (κ3) is 3.56. The SMILES string of the molecule is COc1cc(-c2nc(Nc3cccc(C)c3F)n(C)n2)ccc1-n1cnc(C)c1. The molecule has 4 aromatic rings. The summed E-state index contributed by atoms with van der Waals surface area (Å²) in [5.41, 5.74) is 3.49. The van der Waals surface area contributed by atoms with E-state index in [9.17, 15) is 4.39 Å². The van der Waals surface area contributed by atoms with Gasteiger partial charge in [0.1, 0.15) is 11.6 Å². The van der Waals surface area contributed by atoms with Gasteiger partial charge in [0.2, 0.25) is 5.95 Å². The average Bonchev–Trinajstić information content (AvgIpc) is 3.31. The van der Waals surface area contributed by atoms with Crippen molar-refractivity contribution in [1.29, 1.82) is 0 Å². The van der Waals surface area contributed by atoms with Crippen LogP contribution in [0.1, 0.15) is 11.3 Å². The fourth-order valence-corrected chi connectivity index (χ4v) is 3.06. The first-order valence-corrected chi connectivity index (χ1v) is 9.09. The zero-order valence-electron chi connectivity index (χ0n) is 16.6. The molecule has 2 aromatic heterocycles. The molecule has 2 aromatic carbocycles. The first-order valence-electron chi connectivity index (χ1n) is 9.09. The van der Waals surface area contributed by atoms with Crippen LogP contribution in [-0.4, -0.2) is 31.4 Å². The number of imidazole rings is 1. The van der Waals surface area contributed by atoms with E-state index in [4.69, 9.17) is 4.74 Å². The largest absolute Gasteiger partial charge is 0.495 e. The van der Waals surface area contributed by atoms with Gasteiger partial charge in [-0.2, -0.15) is 4.98 Å². The second kappa shape index (κ2) is 7.38. The summed E-state index contributed by atoms with van der Waals surface area (Å²) in [7, 11) is 3.37. The number of rotatable bonds is 5. The molecular weight excluding hydrogens is 371 g/mol. The molecule has 0 bridgehead atoms. The van der Waals surface area contributed by atoms with Gasteiger partial charge >= 0.3 is 0 Å². The van der Waals surface area contributed by atoms with E-state index in [0.717, 1.165) is 16.9 Å². The number of ether oxygens (including phenoxy) is 1. The minimum atomic E-state index is -0.307. The van der Waals surface area contributed by atoms with E-state index in [2.05, 4.69) is 20.4 Å². The average molecular weight is 392 g/mol. The third-order valence-corrected chi connectivity index (χ3v) is 4.63. The molecule has 29 heavy (non-hydrogen) atoms. The van der Waals surface area contributed by atoms with E-state index < -0.39 is 0 Å². The van der Waals surface area contributed by atoms with Crippen LogP contribution < -0.4 is 10.1 Å². The van der Waals surface area contributed by atoms with E-state index in [1.165, 1.54) is 0 Å². The molecule has 4 rings (SSSR count). The lowest BCUT2D eigenvalue weighted by Crippen LogP contribution is -2.02. The molecule has 0 radical (unpaired) electrons. The lowest BCUT2D eigenvalue weighted by molar-refractivity contribution is 0.413. The van der Waals surface area contributed by atoms with E-state index in [0.29, 0.717) is 28.8 Å². The molecule has 1 N–H and O–H groups in total. The molecular formula is C21H21FN6O. The zero-order chi connectivity index (χ0) is 20.5. The Labute approximate surface area is 167 Å². The molecule has 0 atom stereocenters. The van der Waals surface area contributed by atoms with Crippen LogP contribution in [-0.2, 0) is 7.05 Å². The predicted molar refractivity (Wildman–Crippen MR) is 109 cm³/mol. The lowest BCUT2D eigenvalue weighted by Gasteiger charge is -2.10. The topological polar surface area (TPSA) is 69.8 Å². The fraction of sp³-hybridized carbons (Fsp3) is 0.190. The molecule has 0 spiro atoms. The Kier molecular flexibility index (Phi) is 4.75. The van der Waals surface area contributed by atoms with Crippen LogP contribution >= 0.6 is 0 Å². The van der Waals surface area contributed by atoms with Gasteiger partial charge in [-0.15, -0.1) is 5.10 Å². The van der Waals surface area contributed by atoms with E-state index in [1.807, 2.05) is 35.9 Å². The molecule has 0 aliphatic carbocycles. The Morgan fingerprint density at radius 1 is 1.14 bits per heavy atom. The van der Waals surface area contributed by atoms with Crippen LogP contribution in [0, 0.1) is 19.7 Å². The summed E-state index contributed by atoms with van der Waals surface area (Å²) >= 11 is 0. The molecule has 0 unspecified atom stereocenters. The summed E-state index contributed by atoms with van der Waals surface area (Å²) in [6, 6.07) is 10.9. The maximum absolute atomic E-state index is 14.3. The van der Waals surface area contributed by atoms with Crippen LogP contribution in [0.4, 0.5) is 16.0 Å². The van der Waals surface area contributed by atoms with Crippen molar-refractivity contribution in [3.63, 3.8) is 0 Å². The Morgan fingerprint density at radius 3 is 2.69 bits per heavy atom. The van der Waals surface area contributed by atoms with Gasteiger partial charge in [0.25, 0.3) is 0 Å². The van der Waals surface area contributed by atoms with Crippen molar-refractivity contribution in [2.75, 3.05) is 12.4 Å². The molecule has 0 amide bonds. The summed E-state index contributed by atoms with van der Waals surface area (Å²) in [6.07, 6.45) is 3.67. The Morgan fingerprint density at radius 2 is 1.97 bits per heavy atom. The molecule has 2 heterocycles. The zero-order valence-corrected chi connectivity index (χ0v) is 16.6. The Hall–Kier alpha value is -3.68. The number of benzene rings is 2. The Balaban J connectivity index is 1.67. The fourth-order valence-electron chi connectivity index (χ4n) is 3.06. The quantitative estimate of drug-likeness (QED) is 0.552. The van der Waals surface area contributed by atoms with Crippen molar-refractivity contribution in [2.24, 2.45) is 7.05 Å². The van der Waals surface area contributed by atoms with Gasteiger partial charge in [0.15, 0.2) is 5.82 Å². The second-order valence-electron chi connectivity index (χ2n) is 6.75. The van der Waals surface area contributed by atoms with Gasteiger partial charge in [-0.1, -0.05) is 12.1 Å². The molecule has 8 heteroatoms. The summed E-state index contributed by atoms with van der Waals surface area (Å²) in [5.74, 6) is 1.32. The molecule has 0 saturated carbocycles. The van der Waals surface area contributed by atoms with E-state index >= 15 is 0 Å². The summed E-state index contributed by atoms with van der Waals surface area (Å²) in [5, 5.41) is 7.47. The van der Waals surface area contributed by atoms with E-state index in [-0.39, 0.29) is 5.82 Å². The number of hydrogen-bond acceptors (Lipinski definition) is 5. The molecule has 0 aliphatic heterocycles. The van der Waals surface area contributed by atoms with Crippen LogP contribution in [0.25, 0.3) is 17.1 Å². The Bertz CT molecular complexity index is 1180. The monoisotopic (exact) mass is 392 g/mol. The number of methoxy groups -OCH3 is 1. The van der Waals surface area contributed by atoms with Crippen molar-refractivity contribution in [3.05, 3.63) is 66.0 Å². The lowest BCUT2D eigenvalue weighted by atomic mass is 10.1. The van der Waals surface area contributed by atoms with Crippen molar-refractivity contribution >= 4 is 11.6 Å². The molecule has 148 valence electrons. The molecule has 0 saturated heterocycles. The standard InChI is InChI=1S/C21H21FN6O/c1-13-6-5-7-16(19(13)22)24-21-25-20(26-27(21)3)15-8-9-17(18(10-15)29-4)28-11-14(2)23-12-28/h5-12H,1-4H3,(H,24,25,26). The van der Waals surface area contributed by atoms with Crippen LogP contribution in [0.5, 0.6) is 5.75 Å². The summed E-state index contributed by atoms with van der Waals surface area (Å²) in [6.45, 7) is 3.65. The van der Waals surface area contributed by atoms with Crippen LogP contribution in [0.15, 0.2) is 48.9 Å². The smallest absolute Gasteiger partial charge is 0.226 e. The van der Waals surface area contributed by atoms with Gasteiger partial charge < -0.3 is 14.6 Å². The summed E-state index contributed by atoms with van der Waals surface area (Å²) in [4.78, 5) is 8.78. The van der Waals surface area contributed by atoms with Gasteiger partial charge in [-0.25, -0.2) is 14.1 Å². The van der Waals surface area contributed by atoms with Crippen molar-refractivity contribution < 1.29 is 9.13 Å². The number of nitrogens with zero attached hydrogens (tertiary/aromatic N) is 5. The highest BCUT2D eigenvalue weighted by molar-refractivity contribution is 5.65. The highest BCUT2D eigenvalue weighted by Crippen LogP contribution is 2.29. The highest BCUT2D eigenvalue weighted by atomic mass is 19.1. The second-order valence-corrected chi connectivity index (χ2v) is 6.75. The number of hydrogen-bond donors (Lipinski definition) is 1.